The zero-order chi connectivity index (χ0) is 7.56. The maximum absolute atomic E-state index is 7.64. The van der Waals surface area contributed by atoms with E-state index in [4.69, 9.17) is 5.41 Å². The van der Waals surface area contributed by atoms with Crippen molar-refractivity contribution in [1.82, 2.24) is 0 Å². The van der Waals surface area contributed by atoms with Crippen molar-refractivity contribution >= 4 is 5.71 Å². The van der Waals surface area contributed by atoms with Crippen molar-refractivity contribution in [2.24, 2.45) is 11.8 Å². The van der Waals surface area contributed by atoms with Gasteiger partial charge in [-0.05, 0) is 24.7 Å². The molecule has 1 nitrogen and oxygen atoms in total. The van der Waals surface area contributed by atoms with E-state index in [1.54, 1.807) is 0 Å². The van der Waals surface area contributed by atoms with Crippen molar-refractivity contribution in [3.05, 3.63) is 0 Å². The van der Waals surface area contributed by atoms with Crippen molar-refractivity contribution < 1.29 is 0 Å². The molecule has 0 aromatic carbocycles. The van der Waals surface area contributed by atoms with Gasteiger partial charge < -0.3 is 5.41 Å². The fraction of sp³-hybridized carbons (Fsp3) is 0.889. The third-order valence-corrected chi connectivity index (χ3v) is 2.41. The molecule has 1 fully saturated rings. The third-order valence-electron chi connectivity index (χ3n) is 2.41. The second-order valence-corrected chi connectivity index (χ2v) is 3.29. The molecule has 0 heterocycles. The maximum Gasteiger partial charge on any atom is 0.0123 e. The monoisotopic (exact) mass is 139 g/mol. The Morgan fingerprint density at radius 2 is 2.20 bits per heavy atom. The Labute approximate surface area is 63.3 Å². The average molecular weight is 139 g/mol. The third kappa shape index (κ3) is 1.59. The zero-order valence-corrected chi connectivity index (χ0v) is 6.98. The second-order valence-electron chi connectivity index (χ2n) is 3.29. The van der Waals surface area contributed by atoms with Gasteiger partial charge in [0.2, 0.25) is 0 Å². The first kappa shape index (κ1) is 7.77. The lowest BCUT2D eigenvalue weighted by molar-refractivity contribution is 0.757. The Morgan fingerprint density at radius 3 is 2.60 bits per heavy atom. The largest absolute Gasteiger partial charge is 0.309 e. The van der Waals surface area contributed by atoms with Gasteiger partial charge in [-0.3, -0.25) is 0 Å². The Hall–Kier alpha value is -0.330. The van der Waals surface area contributed by atoms with Crippen LogP contribution >= 0.6 is 0 Å². The minimum atomic E-state index is 0.685. The quantitative estimate of drug-likeness (QED) is 0.579. The van der Waals surface area contributed by atoms with Gasteiger partial charge in [0, 0.05) is 5.71 Å². The molecule has 1 heteroatoms. The van der Waals surface area contributed by atoms with Gasteiger partial charge in [0.15, 0.2) is 0 Å². The fourth-order valence-electron chi connectivity index (χ4n) is 1.58. The van der Waals surface area contributed by atoms with Crippen LogP contribution in [0.3, 0.4) is 0 Å². The van der Waals surface area contributed by atoms with Crippen LogP contribution in [0.4, 0.5) is 0 Å². The molecule has 58 valence electrons. The minimum absolute atomic E-state index is 0.685. The summed E-state index contributed by atoms with van der Waals surface area (Å²) in [5.74, 6) is 1.56. The van der Waals surface area contributed by atoms with Gasteiger partial charge in [-0.1, -0.05) is 26.7 Å². The highest BCUT2D eigenvalue weighted by Gasteiger charge is 2.37. The predicted molar refractivity (Wildman–Crippen MR) is 44.5 cm³/mol. The summed E-state index contributed by atoms with van der Waals surface area (Å²) >= 11 is 0. The molecular formula is C9H17N. The van der Waals surface area contributed by atoms with E-state index in [1.165, 1.54) is 12.8 Å². The molecule has 0 saturated heterocycles. The van der Waals surface area contributed by atoms with Gasteiger partial charge in [-0.15, -0.1) is 0 Å². The molecule has 0 aromatic rings. The molecule has 0 bridgehead atoms. The van der Waals surface area contributed by atoms with Crippen molar-refractivity contribution in [2.75, 3.05) is 0 Å². The topological polar surface area (TPSA) is 23.9 Å². The Bertz CT molecular complexity index is 129. The molecule has 0 radical (unpaired) electrons. The van der Waals surface area contributed by atoms with Gasteiger partial charge in [0.1, 0.15) is 0 Å². The van der Waals surface area contributed by atoms with Crippen LogP contribution in [0, 0.1) is 17.2 Å². The van der Waals surface area contributed by atoms with Crippen LogP contribution in [-0.4, -0.2) is 5.71 Å². The van der Waals surface area contributed by atoms with Crippen molar-refractivity contribution in [3.63, 3.8) is 0 Å². The first-order chi connectivity index (χ1) is 4.79. The predicted octanol–water partition coefficient (Wildman–Crippen LogP) is 2.85. The molecule has 1 rings (SSSR count). The number of nitrogens with one attached hydrogen (secondary N) is 1. The Kier molecular flexibility index (Phi) is 2.47. The van der Waals surface area contributed by atoms with Crippen LogP contribution in [0.5, 0.6) is 0 Å². The SMILES string of the molecule is CCCC(=N)C1CC1CC. The highest BCUT2D eigenvalue weighted by atomic mass is 14.5. The van der Waals surface area contributed by atoms with Crippen LogP contribution in [0.15, 0.2) is 0 Å². The summed E-state index contributed by atoms with van der Waals surface area (Å²) in [6.45, 7) is 4.38. The van der Waals surface area contributed by atoms with Crippen LogP contribution in [-0.2, 0) is 0 Å². The molecule has 0 aliphatic heterocycles. The van der Waals surface area contributed by atoms with E-state index in [-0.39, 0.29) is 0 Å². The Balaban J connectivity index is 2.19. The summed E-state index contributed by atoms with van der Waals surface area (Å²) in [5.41, 5.74) is 1.01. The number of rotatable bonds is 4. The molecule has 10 heavy (non-hydrogen) atoms. The second kappa shape index (κ2) is 3.18. The smallest absolute Gasteiger partial charge is 0.0123 e. The highest BCUT2D eigenvalue weighted by molar-refractivity contribution is 5.86. The van der Waals surface area contributed by atoms with Crippen LogP contribution < -0.4 is 0 Å². The summed E-state index contributed by atoms with van der Waals surface area (Å²) < 4.78 is 0. The van der Waals surface area contributed by atoms with Gasteiger partial charge in [0.05, 0.1) is 0 Å². The standard InChI is InChI=1S/C9H17N/c1-3-5-9(10)8-6-7(8)4-2/h7-8,10H,3-6H2,1-2H3. The molecule has 1 aliphatic rings. The molecule has 1 aliphatic carbocycles. The van der Waals surface area contributed by atoms with E-state index < -0.39 is 0 Å². The van der Waals surface area contributed by atoms with Crippen molar-refractivity contribution in [1.29, 1.82) is 5.41 Å². The van der Waals surface area contributed by atoms with E-state index in [2.05, 4.69) is 13.8 Å². The summed E-state index contributed by atoms with van der Waals surface area (Å²) in [4.78, 5) is 0. The van der Waals surface area contributed by atoms with Gasteiger partial charge in [-0.25, -0.2) is 0 Å². The minimum Gasteiger partial charge on any atom is -0.309 e. The molecular weight excluding hydrogens is 122 g/mol. The van der Waals surface area contributed by atoms with Crippen LogP contribution in [0.25, 0.3) is 0 Å². The Morgan fingerprint density at radius 1 is 1.50 bits per heavy atom. The number of hydrogen-bond donors (Lipinski definition) is 1. The normalized spacial score (nSPS) is 30.2. The zero-order valence-electron chi connectivity index (χ0n) is 6.98. The van der Waals surface area contributed by atoms with Gasteiger partial charge in [0.25, 0.3) is 0 Å². The summed E-state index contributed by atoms with van der Waals surface area (Å²) in [7, 11) is 0. The molecule has 0 aromatic heterocycles. The van der Waals surface area contributed by atoms with E-state index >= 15 is 0 Å². The fourth-order valence-corrected chi connectivity index (χ4v) is 1.58. The highest BCUT2D eigenvalue weighted by Crippen LogP contribution is 2.42. The first-order valence-electron chi connectivity index (χ1n) is 4.36. The first-order valence-corrected chi connectivity index (χ1v) is 4.36. The van der Waals surface area contributed by atoms with E-state index in [0.29, 0.717) is 5.92 Å². The number of hydrogen-bond acceptors (Lipinski definition) is 1. The molecule has 0 spiro atoms. The summed E-state index contributed by atoms with van der Waals surface area (Å²) in [6.07, 6.45) is 4.75. The summed E-state index contributed by atoms with van der Waals surface area (Å²) in [6, 6.07) is 0. The molecule has 2 unspecified atom stereocenters. The van der Waals surface area contributed by atoms with Gasteiger partial charge in [-0.2, -0.15) is 0 Å². The van der Waals surface area contributed by atoms with Gasteiger partial charge >= 0.3 is 0 Å². The lowest BCUT2D eigenvalue weighted by Gasteiger charge is -1.97. The average Bonchev–Trinajstić information content (AvgIpc) is 2.66. The molecule has 0 amide bonds. The van der Waals surface area contributed by atoms with Crippen LogP contribution in [0.1, 0.15) is 39.5 Å². The molecule has 1 N–H and O–H groups in total. The maximum atomic E-state index is 7.64. The molecule has 1 saturated carbocycles. The lowest BCUT2D eigenvalue weighted by Crippen LogP contribution is -1.99. The van der Waals surface area contributed by atoms with Crippen LogP contribution in [0.2, 0.25) is 0 Å². The van der Waals surface area contributed by atoms with E-state index in [0.717, 1.165) is 24.5 Å². The molecule has 2 atom stereocenters. The van der Waals surface area contributed by atoms with E-state index in [1.807, 2.05) is 0 Å². The van der Waals surface area contributed by atoms with Crippen molar-refractivity contribution in [3.8, 4) is 0 Å². The summed E-state index contributed by atoms with van der Waals surface area (Å²) in [5, 5.41) is 7.64. The van der Waals surface area contributed by atoms with E-state index in [9.17, 15) is 0 Å². The lowest BCUT2D eigenvalue weighted by atomic mass is 10.1. The van der Waals surface area contributed by atoms with Crippen molar-refractivity contribution in [2.45, 2.75) is 39.5 Å².